The van der Waals surface area contributed by atoms with Crippen molar-refractivity contribution in [3.05, 3.63) is 83.4 Å². The lowest BCUT2D eigenvalue weighted by Crippen LogP contribution is -2.27. The number of hydrogen-bond donors (Lipinski definition) is 1. The molecule has 0 aliphatic carbocycles. The van der Waals surface area contributed by atoms with E-state index in [1.165, 1.54) is 16.7 Å². The van der Waals surface area contributed by atoms with Gasteiger partial charge in [0, 0.05) is 22.2 Å². The van der Waals surface area contributed by atoms with Crippen molar-refractivity contribution >= 4 is 28.1 Å². The number of pyridine rings is 1. The number of aryl methyl sites for hydroxylation is 1. The molecular weight excluding hydrogens is 480 g/mol. The molecule has 0 spiro atoms. The third-order valence-corrected chi connectivity index (χ3v) is 6.77. The normalized spacial score (nSPS) is 14.4. The van der Waals surface area contributed by atoms with Crippen LogP contribution in [0.15, 0.2) is 60.9 Å². The fourth-order valence-corrected chi connectivity index (χ4v) is 5.04. The number of hydrogen-bond acceptors (Lipinski definition) is 5. The van der Waals surface area contributed by atoms with Crippen LogP contribution >= 0.6 is 0 Å². The zero-order valence-electron chi connectivity index (χ0n) is 24.4. The van der Waals surface area contributed by atoms with Crippen LogP contribution < -0.4 is 5.32 Å². The molecule has 0 amide bonds. The Morgan fingerprint density at radius 1 is 0.872 bits per heavy atom. The largest absolute Gasteiger partial charge is 0.492 e. The number of nitrogens with zero attached hydrogens (tertiary/aromatic N) is 3. The first kappa shape index (κ1) is 26.9. The van der Waals surface area contributed by atoms with Crippen molar-refractivity contribution in [1.82, 2.24) is 15.0 Å². The molecule has 0 fully saturated rings. The lowest BCUT2D eigenvalue weighted by Gasteiger charge is -2.27. The summed E-state index contributed by atoms with van der Waals surface area (Å²) in [5.74, 6) is 1.69. The Bertz CT molecular complexity index is 1520. The second-order valence-electron chi connectivity index (χ2n) is 12.9. The molecule has 5 nitrogen and oxygen atoms in total. The second-order valence-corrected chi connectivity index (χ2v) is 12.9. The van der Waals surface area contributed by atoms with Crippen LogP contribution in [0.25, 0.3) is 33.4 Å². The van der Waals surface area contributed by atoms with Gasteiger partial charge in [-0.05, 0) is 87.8 Å². The highest BCUT2D eigenvalue weighted by Gasteiger charge is 2.25. The zero-order valence-corrected chi connectivity index (χ0v) is 24.4. The topological polar surface area (TPSA) is 59.9 Å². The predicted molar refractivity (Wildman–Crippen MR) is 162 cm³/mol. The monoisotopic (exact) mass is 520 g/mol. The molecule has 0 atom stereocenters. The summed E-state index contributed by atoms with van der Waals surface area (Å²) in [7, 11) is 0. The molecular formula is C34H40N4O. The predicted octanol–water partition coefficient (Wildman–Crippen LogP) is 8.48. The van der Waals surface area contributed by atoms with Gasteiger partial charge in [-0.25, -0.2) is 15.0 Å². The second kappa shape index (κ2) is 10.4. The van der Waals surface area contributed by atoms with Gasteiger partial charge in [0.05, 0.1) is 23.4 Å². The Hall–Kier alpha value is -3.73. The van der Waals surface area contributed by atoms with Crippen molar-refractivity contribution in [1.29, 1.82) is 0 Å². The van der Waals surface area contributed by atoms with Gasteiger partial charge in [0.1, 0.15) is 17.9 Å². The van der Waals surface area contributed by atoms with Crippen molar-refractivity contribution in [3.63, 3.8) is 0 Å². The van der Waals surface area contributed by atoms with Crippen molar-refractivity contribution in [3.8, 4) is 11.1 Å². The number of aromatic nitrogens is 3. The maximum atomic E-state index is 6.44. The van der Waals surface area contributed by atoms with Gasteiger partial charge in [-0.3, -0.25) is 0 Å². The fourth-order valence-electron chi connectivity index (χ4n) is 5.04. The first-order valence-corrected chi connectivity index (χ1v) is 13.9. The van der Waals surface area contributed by atoms with Crippen LogP contribution in [-0.2, 0) is 11.2 Å². The van der Waals surface area contributed by atoms with E-state index in [2.05, 4.69) is 113 Å². The Balaban J connectivity index is 1.67. The van der Waals surface area contributed by atoms with Crippen LogP contribution in [0.4, 0.5) is 5.82 Å². The molecule has 3 heterocycles. The maximum absolute atomic E-state index is 6.44. The molecule has 39 heavy (non-hydrogen) atoms. The molecule has 0 radical (unpaired) electrons. The summed E-state index contributed by atoms with van der Waals surface area (Å²) in [5.41, 5.74) is 8.64. The van der Waals surface area contributed by atoms with Gasteiger partial charge in [-0.1, -0.05) is 56.7 Å². The summed E-state index contributed by atoms with van der Waals surface area (Å²) in [6, 6.07) is 19.5. The molecule has 0 saturated heterocycles. The Labute approximate surface area is 232 Å². The number of nitrogens with one attached hydrogen (secondary N) is 1. The summed E-state index contributed by atoms with van der Waals surface area (Å²) in [5, 5.41) is 4.73. The van der Waals surface area contributed by atoms with Crippen LogP contribution in [0.5, 0.6) is 0 Å². The SMILES string of the molecule is Cc1ccc(-c2ccc3nc(NC(C)(C)C)c(C4=C(c5cc(CC(C)(C)C)ncn5)CCCO4)cc3c2)cc1. The van der Waals surface area contributed by atoms with Gasteiger partial charge in [0.15, 0.2) is 0 Å². The number of rotatable bonds is 5. The summed E-state index contributed by atoms with van der Waals surface area (Å²) in [6.07, 6.45) is 4.44. The quantitative estimate of drug-likeness (QED) is 0.286. The molecule has 1 N–H and O–H groups in total. The van der Waals surface area contributed by atoms with Crippen molar-refractivity contribution in [2.75, 3.05) is 11.9 Å². The highest BCUT2D eigenvalue weighted by molar-refractivity contribution is 5.95. The zero-order chi connectivity index (χ0) is 27.8. The number of fused-ring (bicyclic) bond motifs is 1. The lowest BCUT2D eigenvalue weighted by atomic mass is 9.89. The van der Waals surface area contributed by atoms with Gasteiger partial charge >= 0.3 is 0 Å². The highest BCUT2D eigenvalue weighted by Crippen LogP contribution is 2.39. The van der Waals surface area contributed by atoms with Crippen LogP contribution in [0.3, 0.4) is 0 Å². The minimum atomic E-state index is -0.165. The molecule has 2 aromatic carbocycles. The average molecular weight is 521 g/mol. The third kappa shape index (κ3) is 6.47. The van der Waals surface area contributed by atoms with E-state index >= 15 is 0 Å². The van der Waals surface area contributed by atoms with Gasteiger partial charge in [0.25, 0.3) is 0 Å². The van der Waals surface area contributed by atoms with E-state index in [1.54, 1.807) is 6.33 Å². The molecule has 1 aliphatic rings. The number of benzene rings is 2. The molecule has 0 bridgehead atoms. The maximum Gasteiger partial charge on any atom is 0.138 e. The third-order valence-electron chi connectivity index (χ3n) is 6.77. The lowest BCUT2D eigenvalue weighted by molar-refractivity contribution is 0.262. The van der Waals surface area contributed by atoms with Crippen LogP contribution in [-0.4, -0.2) is 27.1 Å². The molecule has 202 valence electrons. The summed E-state index contributed by atoms with van der Waals surface area (Å²) in [4.78, 5) is 14.4. The number of allylic oxidation sites excluding steroid dienone is 1. The molecule has 1 aliphatic heterocycles. The fraction of sp³-hybridized carbons (Fsp3) is 0.382. The van der Waals surface area contributed by atoms with E-state index in [0.717, 1.165) is 64.3 Å². The van der Waals surface area contributed by atoms with Gasteiger partial charge in [-0.2, -0.15) is 0 Å². The van der Waals surface area contributed by atoms with E-state index in [-0.39, 0.29) is 11.0 Å². The average Bonchev–Trinajstić information content (AvgIpc) is 2.87. The molecule has 2 aromatic heterocycles. The minimum absolute atomic E-state index is 0.146. The standard InChI is InChI=1S/C34H40N4O/c1-22-10-12-23(13-11-22)24-14-15-29-25(17-24)18-28(32(37-29)38-34(5,6)7)31-27(9-8-16-39-31)30-19-26(35-21-36-30)20-33(2,3)4/h10-15,17-19,21H,8-9,16,20H2,1-7H3,(H,37,38). The first-order valence-electron chi connectivity index (χ1n) is 13.9. The van der Waals surface area contributed by atoms with Gasteiger partial charge in [-0.15, -0.1) is 0 Å². The van der Waals surface area contributed by atoms with Gasteiger partial charge in [0.2, 0.25) is 0 Å². The summed E-state index contributed by atoms with van der Waals surface area (Å²) in [6.45, 7) is 16.0. The molecule has 5 rings (SSSR count). The Morgan fingerprint density at radius 2 is 1.62 bits per heavy atom. The van der Waals surface area contributed by atoms with Gasteiger partial charge < -0.3 is 10.1 Å². The molecule has 4 aromatic rings. The Morgan fingerprint density at radius 3 is 2.33 bits per heavy atom. The van der Waals surface area contributed by atoms with Crippen molar-refractivity contribution < 1.29 is 4.74 Å². The minimum Gasteiger partial charge on any atom is -0.492 e. The van der Waals surface area contributed by atoms with E-state index in [9.17, 15) is 0 Å². The first-order chi connectivity index (χ1) is 18.4. The molecule has 0 saturated carbocycles. The number of anilines is 1. The number of ether oxygens (including phenoxy) is 1. The van der Waals surface area contributed by atoms with Crippen molar-refractivity contribution in [2.45, 2.75) is 73.3 Å². The van der Waals surface area contributed by atoms with E-state index < -0.39 is 0 Å². The van der Waals surface area contributed by atoms with E-state index in [0.29, 0.717) is 6.61 Å². The van der Waals surface area contributed by atoms with Crippen LogP contribution in [0, 0.1) is 12.3 Å². The Kier molecular flexibility index (Phi) is 7.19. The molecule has 5 heteroatoms. The summed E-state index contributed by atoms with van der Waals surface area (Å²) < 4.78 is 6.44. The van der Waals surface area contributed by atoms with E-state index in [1.807, 2.05) is 0 Å². The highest BCUT2D eigenvalue weighted by atomic mass is 16.5. The van der Waals surface area contributed by atoms with E-state index in [4.69, 9.17) is 14.7 Å². The van der Waals surface area contributed by atoms with Crippen LogP contribution in [0.1, 0.15) is 76.9 Å². The van der Waals surface area contributed by atoms with Crippen LogP contribution in [0.2, 0.25) is 0 Å². The smallest absolute Gasteiger partial charge is 0.138 e. The molecule has 0 unspecified atom stereocenters. The summed E-state index contributed by atoms with van der Waals surface area (Å²) >= 11 is 0. The van der Waals surface area contributed by atoms with Crippen molar-refractivity contribution in [2.24, 2.45) is 5.41 Å².